The zero-order chi connectivity index (χ0) is 16.5. The largest absolute Gasteiger partial charge is 0.386 e. The van der Waals surface area contributed by atoms with E-state index >= 15 is 0 Å². The number of rotatable bonds is 2. The van der Waals surface area contributed by atoms with Gasteiger partial charge in [-0.05, 0) is 30.2 Å². The van der Waals surface area contributed by atoms with Crippen molar-refractivity contribution in [3.05, 3.63) is 71.3 Å². The van der Waals surface area contributed by atoms with E-state index in [9.17, 15) is 5.11 Å². The molecule has 1 N–H and O–H groups in total. The third-order valence-corrected chi connectivity index (χ3v) is 5.25. The number of aliphatic hydroxyl groups is 1. The highest BCUT2D eigenvalue weighted by Gasteiger charge is 2.31. The Morgan fingerprint density at radius 3 is 2.38 bits per heavy atom. The fourth-order valence-corrected chi connectivity index (χ4v) is 3.78. The molecule has 124 valence electrons. The van der Waals surface area contributed by atoms with Crippen LogP contribution in [-0.4, -0.2) is 42.2 Å². The first-order valence-corrected chi connectivity index (χ1v) is 8.73. The fraction of sp³-hybridized carbons (Fsp3) is 0.333. The number of aliphatic hydroxyl groups excluding tert-OH is 1. The molecule has 2 aliphatic rings. The highest BCUT2D eigenvalue weighted by Crippen LogP contribution is 2.31. The first-order valence-electron chi connectivity index (χ1n) is 8.73. The minimum absolute atomic E-state index is 0.0834. The van der Waals surface area contributed by atoms with E-state index < -0.39 is 6.10 Å². The van der Waals surface area contributed by atoms with E-state index in [1.54, 1.807) is 0 Å². The van der Waals surface area contributed by atoms with Crippen LogP contribution in [0.4, 0.5) is 5.69 Å². The number of anilines is 1. The maximum atomic E-state index is 10.8. The Hall–Kier alpha value is -2.10. The predicted octanol–water partition coefficient (Wildman–Crippen LogP) is 3.25. The molecule has 0 bridgehead atoms. The van der Waals surface area contributed by atoms with Crippen molar-refractivity contribution < 1.29 is 5.11 Å². The topological polar surface area (TPSA) is 26.7 Å². The lowest BCUT2D eigenvalue weighted by molar-refractivity contribution is 0.0684. The molecular weight excluding hydrogens is 296 g/mol. The van der Waals surface area contributed by atoms with E-state index in [1.807, 2.05) is 18.2 Å². The van der Waals surface area contributed by atoms with E-state index in [0.29, 0.717) is 0 Å². The molecule has 0 saturated carbocycles. The smallest absolute Gasteiger partial charge is 0.0986 e. The molecule has 24 heavy (non-hydrogen) atoms. The number of hydrogen-bond donors (Lipinski definition) is 1. The first-order chi connectivity index (χ1) is 11.7. The maximum Gasteiger partial charge on any atom is 0.0986 e. The summed E-state index contributed by atoms with van der Waals surface area (Å²) in [5.41, 5.74) is 4.78. The Morgan fingerprint density at radius 1 is 0.917 bits per heavy atom. The lowest BCUT2D eigenvalue weighted by Crippen LogP contribution is -2.51. The summed E-state index contributed by atoms with van der Waals surface area (Å²) in [5, 5.41) is 10.8. The van der Waals surface area contributed by atoms with E-state index in [4.69, 9.17) is 0 Å². The third kappa shape index (κ3) is 2.85. The molecule has 0 amide bonds. The van der Waals surface area contributed by atoms with Crippen LogP contribution in [0.15, 0.2) is 54.6 Å². The summed E-state index contributed by atoms with van der Waals surface area (Å²) >= 11 is 0. The molecule has 1 fully saturated rings. The molecule has 2 atom stereocenters. The van der Waals surface area contributed by atoms with Gasteiger partial charge in [-0.1, -0.05) is 54.1 Å². The Bertz CT molecular complexity index is 730. The second-order valence-electron chi connectivity index (χ2n) is 6.78. The predicted molar refractivity (Wildman–Crippen MR) is 99.2 cm³/mol. The van der Waals surface area contributed by atoms with Crippen LogP contribution in [0.1, 0.15) is 22.8 Å². The van der Waals surface area contributed by atoms with Crippen LogP contribution in [0.2, 0.25) is 0 Å². The van der Waals surface area contributed by atoms with Crippen molar-refractivity contribution in [1.82, 2.24) is 4.90 Å². The number of piperazine rings is 1. The normalized spacial score (nSPS) is 24.0. The quantitative estimate of drug-likeness (QED) is 0.920. The zero-order valence-electron chi connectivity index (χ0n) is 14.1. The standard InChI is InChI=1S/C21H24N2O/c1-16-6-9-18(10-7-16)22-12-14-23(15-13-22)20-11-8-17-4-2-3-5-19(17)21(20)24/h2-11,20-21,24H,12-15H2,1H3/t20-,21-/m1/s1. The molecule has 0 spiro atoms. The molecule has 2 aromatic rings. The molecule has 0 radical (unpaired) electrons. The van der Waals surface area contributed by atoms with Crippen LogP contribution in [0, 0.1) is 6.92 Å². The van der Waals surface area contributed by atoms with Gasteiger partial charge in [-0.25, -0.2) is 0 Å². The molecule has 1 saturated heterocycles. The van der Waals surface area contributed by atoms with Crippen molar-refractivity contribution in [3.63, 3.8) is 0 Å². The third-order valence-electron chi connectivity index (χ3n) is 5.25. The second kappa shape index (κ2) is 6.42. The monoisotopic (exact) mass is 320 g/mol. The Morgan fingerprint density at radius 2 is 1.62 bits per heavy atom. The van der Waals surface area contributed by atoms with E-state index in [1.165, 1.54) is 11.3 Å². The molecule has 3 heteroatoms. The van der Waals surface area contributed by atoms with Gasteiger partial charge in [0.25, 0.3) is 0 Å². The fourth-order valence-electron chi connectivity index (χ4n) is 3.78. The maximum absolute atomic E-state index is 10.8. The molecule has 4 rings (SSSR count). The first kappa shape index (κ1) is 15.4. The number of aryl methyl sites for hydroxylation is 1. The van der Waals surface area contributed by atoms with Gasteiger partial charge in [0.15, 0.2) is 0 Å². The van der Waals surface area contributed by atoms with E-state index in [2.05, 4.69) is 59.2 Å². The molecule has 2 aromatic carbocycles. The average molecular weight is 320 g/mol. The minimum atomic E-state index is -0.433. The van der Waals surface area contributed by atoms with Gasteiger partial charge >= 0.3 is 0 Å². The van der Waals surface area contributed by atoms with Crippen LogP contribution in [0.3, 0.4) is 0 Å². The number of nitrogens with zero attached hydrogens (tertiary/aromatic N) is 2. The van der Waals surface area contributed by atoms with Crippen LogP contribution in [0.25, 0.3) is 6.08 Å². The summed E-state index contributed by atoms with van der Waals surface area (Å²) in [4.78, 5) is 4.84. The van der Waals surface area contributed by atoms with Gasteiger partial charge in [0.1, 0.15) is 0 Å². The lowest BCUT2D eigenvalue weighted by Gasteiger charge is -2.42. The van der Waals surface area contributed by atoms with Gasteiger partial charge in [0.2, 0.25) is 0 Å². The summed E-state index contributed by atoms with van der Waals surface area (Å²) < 4.78 is 0. The number of hydrogen-bond acceptors (Lipinski definition) is 3. The van der Waals surface area contributed by atoms with Crippen LogP contribution >= 0.6 is 0 Å². The lowest BCUT2D eigenvalue weighted by atomic mass is 9.90. The van der Waals surface area contributed by atoms with Crippen molar-refractivity contribution in [2.24, 2.45) is 0 Å². The summed E-state index contributed by atoms with van der Waals surface area (Å²) in [5.74, 6) is 0. The summed E-state index contributed by atoms with van der Waals surface area (Å²) in [6.07, 6.45) is 3.88. The second-order valence-corrected chi connectivity index (χ2v) is 6.78. The van der Waals surface area contributed by atoms with Gasteiger partial charge in [-0.3, -0.25) is 4.90 Å². The van der Waals surface area contributed by atoms with Crippen molar-refractivity contribution >= 4 is 11.8 Å². The molecular formula is C21H24N2O. The molecule has 1 aliphatic heterocycles. The van der Waals surface area contributed by atoms with Gasteiger partial charge in [-0.15, -0.1) is 0 Å². The highest BCUT2D eigenvalue weighted by atomic mass is 16.3. The number of benzene rings is 2. The average Bonchev–Trinajstić information content (AvgIpc) is 2.63. The van der Waals surface area contributed by atoms with Crippen molar-refractivity contribution in [1.29, 1.82) is 0 Å². The van der Waals surface area contributed by atoms with Gasteiger partial charge in [0, 0.05) is 31.9 Å². The van der Waals surface area contributed by atoms with Crippen LogP contribution in [-0.2, 0) is 0 Å². The van der Waals surface area contributed by atoms with Gasteiger partial charge < -0.3 is 10.0 Å². The van der Waals surface area contributed by atoms with Crippen molar-refractivity contribution in [2.75, 3.05) is 31.1 Å². The van der Waals surface area contributed by atoms with Crippen LogP contribution < -0.4 is 4.90 Å². The summed E-state index contributed by atoms with van der Waals surface area (Å²) in [6, 6.07) is 17.0. The summed E-state index contributed by atoms with van der Waals surface area (Å²) in [7, 11) is 0. The SMILES string of the molecule is Cc1ccc(N2CCN([C@@H]3C=Cc4ccccc4[C@H]3O)CC2)cc1. The zero-order valence-corrected chi connectivity index (χ0v) is 14.1. The molecule has 0 aromatic heterocycles. The van der Waals surface area contributed by atoms with Crippen LogP contribution in [0.5, 0.6) is 0 Å². The van der Waals surface area contributed by atoms with E-state index in [0.717, 1.165) is 37.3 Å². The van der Waals surface area contributed by atoms with E-state index in [-0.39, 0.29) is 6.04 Å². The Labute approximate surface area is 143 Å². The summed E-state index contributed by atoms with van der Waals surface area (Å²) in [6.45, 7) is 6.07. The van der Waals surface area contributed by atoms with Crippen molar-refractivity contribution in [2.45, 2.75) is 19.1 Å². The molecule has 1 heterocycles. The van der Waals surface area contributed by atoms with Gasteiger partial charge in [-0.2, -0.15) is 0 Å². The van der Waals surface area contributed by atoms with Crippen molar-refractivity contribution in [3.8, 4) is 0 Å². The molecule has 3 nitrogen and oxygen atoms in total. The highest BCUT2D eigenvalue weighted by molar-refractivity contribution is 5.58. The minimum Gasteiger partial charge on any atom is -0.386 e. The molecule has 1 aliphatic carbocycles. The molecule has 0 unspecified atom stereocenters. The Balaban J connectivity index is 1.44. The Kier molecular flexibility index (Phi) is 4.13. The van der Waals surface area contributed by atoms with Gasteiger partial charge in [0.05, 0.1) is 12.1 Å². The number of fused-ring (bicyclic) bond motifs is 1.